The average molecular weight is 435 g/mol. The third-order valence-corrected chi connectivity index (χ3v) is 6.93. The Bertz CT molecular complexity index is 949. The molecule has 156 valence electrons. The minimum atomic E-state index is -1.25. The van der Waals surface area contributed by atoms with Crippen LogP contribution >= 0.6 is 11.6 Å². The standard InChI is InChI=1S/C21H27ClN4O2S/c1-13-18(12-23)17-11-15(22)10-16(14(2)25-29(27)21(3,4)5)19(17)24-20(13)26-6-8-28-9-7-26/h10-11,14,25H,6-9H2,1-5H3/t14-,29-/m1/s1. The molecule has 0 aliphatic carbocycles. The Morgan fingerprint density at radius 1 is 1.34 bits per heavy atom. The number of hydrogen-bond donors (Lipinski definition) is 1. The van der Waals surface area contributed by atoms with E-state index in [4.69, 9.17) is 21.3 Å². The van der Waals surface area contributed by atoms with Gasteiger partial charge in [0.1, 0.15) is 16.6 Å². The Balaban J connectivity index is 2.16. The zero-order chi connectivity index (χ0) is 21.3. The fraction of sp³-hybridized carbons (Fsp3) is 0.524. The molecular weight excluding hydrogens is 408 g/mol. The van der Waals surface area contributed by atoms with E-state index in [0.717, 1.165) is 35.4 Å². The molecule has 1 saturated heterocycles. The largest absolute Gasteiger partial charge is 0.598 e. The smallest absolute Gasteiger partial charge is 0.136 e. The molecule has 2 atom stereocenters. The van der Waals surface area contributed by atoms with Gasteiger partial charge in [-0.05, 0) is 46.8 Å². The number of benzene rings is 1. The van der Waals surface area contributed by atoms with E-state index in [1.165, 1.54) is 0 Å². The quantitative estimate of drug-likeness (QED) is 0.731. The summed E-state index contributed by atoms with van der Waals surface area (Å²) < 4.78 is 20.9. The van der Waals surface area contributed by atoms with Crippen molar-refractivity contribution < 1.29 is 9.29 Å². The van der Waals surface area contributed by atoms with Crippen molar-refractivity contribution in [1.29, 1.82) is 5.26 Å². The zero-order valence-electron chi connectivity index (χ0n) is 17.5. The van der Waals surface area contributed by atoms with E-state index in [-0.39, 0.29) is 6.04 Å². The number of nitriles is 1. The predicted octanol–water partition coefficient (Wildman–Crippen LogP) is 4.02. The van der Waals surface area contributed by atoms with Gasteiger partial charge in [0.05, 0.1) is 30.3 Å². The number of aromatic nitrogens is 1. The number of halogens is 1. The minimum absolute atomic E-state index is 0.254. The lowest BCUT2D eigenvalue weighted by molar-refractivity contribution is 0.122. The fourth-order valence-electron chi connectivity index (χ4n) is 3.40. The SMILES string of the molecule is Cc1c(N2CCOCC2)nc2c([C@@H](C)N[S@+]([O-])C(C)(C)C)cc(Cl)cc2c1C#N. The van der Waals surface area contributed by atoms with Crippen LogP contribution in [-0.2, 0) is 16.1 Å². The Labute approximate surface area is 180 Å². The molecule has 8 heteroatoms. The maximum atomic E-state index is 12.6. The Kier molecular flexibility index (Phi) is 6.61. The topological polar surface area (TPSA) is 84.2 Å². The van der Waals surface area contributed by atoms with Crippen LogP contribution in [0.2, 0.25) is 5.02 Å². The third kappa shape index (κ3) is 4.62. The minimum Gasteiger partial charge on any atom is -0.598 e. The normalized spacial score (nSPS) is 17.2. The molecule has 1 aliphatic heterocycles. The maximum absolute atomic E-state index is 12.6. The van der Waals surface area contributed by atoms with Gasteiger partial charge in [0.25, 0.3) is 0 Å². The molecule has 1 aliphatic rings. The molecule has 3 rings (SSSR count). The molecule has 0 amide bonds. The second kappa shape index (κ2) is 8.66. The van der Waals surface area contributed by atoms with Crippen LogP contribution in [0.1, 0.15) is 50.4 Å². The van der Waals surface area contributed by atoms with Gasteiger partial charge < -0.3 is 14.2 Å². The molecule has 2 heterocycles. The number of rotatable bonds is 4. The van der Waals surface area contributed by atoms with E-state index in [0.29, 0.717) is 29.3 Å². The number of hydrogen-bond acceptors (Lipinski definition) is 6. The molecule has 0 bridgehead atoms. The van der Waals surface area contributed by atoms with Crippen molar-refractivity contribution in [3.63, 3.8) is 0 Å². The monoisotopic (exact) mass is 434 g/mol. The van der Waals surface area contributed by atoms with Crippen LogP contribution in [0.15, 0.2) is 12.1 Å². The Morgan fingerprint density at radius 3 is 2.59 bits per heavy atom. The lowest BCUT2D eigenvalue weighted by Crippen LogP contribution is -2.40. The second-order valence-electron chi connectivity index (χ2n) is 8.26. The van der Waals surface area contributed by atoms with Crippen molar-refractivity contribution in [2.24, 2.45) is 0 Å². The van der Waals surface area contributed by atoms with Crippen molar-refractivity contribution in [3.8, 4) is 6.07 Å². The van der Waals surface area contributed by atoms with Crippen LogP contribution in [0, 0.1) is 18.3 Å². The highest BCUT2D eigenvalue weighted by Gasteiger charge is 2.30. The maximum Gasteiger partial charge on any atom is 0.136 e. The average Bonchev–Trinajstić information content (AvgIpc) is 2.67. The van der Waals surface area contributed by atoms with E-state index in [1.54, 1.807) is 6.07 Å². The lowest BCUT2D eigenvalue weighted by atomic mass is 9.98. The molecule has 0 spiro atoms. The summed E-state index contributed by atoms with van der Waals surface area (Å²) in [7, 11) is 0. The van der Waals surface area contributed by atoms with Gasteiger partial charge in [-0.3, -0.25) is 0 Å². The molecule has 6 nitrogen and oxygen atoms in total. The summed E-state index contributed by atoms with van der Waals surface area (Å²) in [5, 5.41) is 11.1. The van der Waals surface area contributed by atoms with Gasteiger partial charge in [0, 0.05) is 46.0 Å². The van der Waals surface area contributed by atoms with E-state index >= 15 is 0 Å². The summed E-state index contributed by atoms with van der Waals surface area (Å²) in [5.74, 6) is 0.796. The van der Waals surface area contributed by atoms with Crippen molar-refractivity contribution in [2.45, 2.75) is 45.4 Å². The summed E-state index contributed by atoms with van der Waals surface area (Å²) in [6.07, 6.45) is 0. The summed E-state index contributed by atoms with van der Waals surface area (Å²) in [4.78, 5) is 7.12. The van der Waals surface area contributed by atoms with Crippen LogP contribution < -0.4 is 9.62 Å². The molecule has 0 saturated carbocycles. The first-order valence-corrected chi connectivity index (χ1v) is 11.2. The molecule has 1 N–H and O–H groups in total. The number of nitrogens with one attached hydrogen (secondary N) is 1. The van der Waals surface area contributed by atoms with E-state index in [1.807, 2.05) is 40.7 Å². The summed E-state index contributed by atoms with van der Waals surface area (Å²) >= 11 is 5.14. The van der Waals surface area contributed by atoms with Gasteiger partial charge in [-0.1, -0.05) is 11.6 Å². The van der Waals surface area contributed by atoms with Crippen LogP contribution in [0.3, 0.4) is 0 Å². The van der Waals surface area contributed by atoms with E-state index in [9.17, 15) is 9.81 Å². The number of anilines is 1. The predicted molar refractivity (Wildman–Crippen MR) is 119 cm³/mol. The van der Waals surface area contributed by atoms with Crippen LogP contribution in [0.25, 0.3) is 10.9 Å². The van der Waals surface area contributed by atoms with Crippen LogP contribution in [-0.4, -0.2) is 40.6 Å². The fourth-order valence-corrected chi connectivity index (χ4v) is 4.43. The van der Waals surface area contributed by atoms with Crippen molar-refractivity contribution in [1.82, 2.24) is 9.71 Å². The molecule has 1 aromatic carbocycles. The van der Waals surface area contributed by atoms with Gasteiger partial charge in [-0.25, -0.2) is 4.98 Å². The van der Waals surface area contributed by atoms with Crippen molar-refractivity contribution >= 4 is 39.7 Å². The number of ether oxygens (including phenoxy) is 1. The summed E-state index contributed by atoms with van der Waals surface area (Å²) in [6.45, 7) is 12.4. The molecular formula is C21H27ClN4O2S. The third-order valence-electron chi connectivity index (χ3n) is 5.03. The first kappa shape index (κ1) is 22.1. The Hall–Kier alpha value is -1.56. The van der Waals surface area contributed by atoms with Crippen molar-refractivity contribution in [3.05, 3.63) is 33.8 Å². The van der Waals surface area contributed by atoms with Gasteiger partial charge in [0.2, 0.25) is 0 Å². The first-order chi connectivity index (χ1) is 13.6. The molecule has 0 unspecified atom stereocenters. The number of morpholine rings is 1. The van der Waals surface area contributed by atoms with E-state index in [2.05, 4.69) is 15.7 Å². The highest BCUT2D eigenvalue weighted by Crippen LogP contribution is 2.35. The van der Waals surface area contributed by atoms with Gasteiger partial charge >= 0.3 is 0 Å². The highest BCUT2D eigenvalue weighted by molar-refractivity contribution is 7.90. The summed E-state index contributed by atoms with van der Waals surface area (Å²) in [6, 6.07) is 5.71. The van der Waals surface area contributed by atoms with Crippen molar-refractivity contribution in [2.75, 3.05) is 31.2 Å². The Morgan fingerprint density at radius 2 is 2.00 bits per heavy atom. The summed E-state index contributed by atoms with van der Waals surface area (Å²) in [5.41, 5.74) is 2.96. The lowest BCUT2D eigenvalue weighted by Gasteiger charge is -2.30. The molecule has 1 fully saturated rings. The molecule has 2 aromatic rings. The van der Waals surface area contributed by atoms with Crippen LogP contribution in [0.4, 0.5) is 5.82 Å². The number of nitrogens with zero attached hydrogens (tertiary/aromatic N) is 3. The van der Waals surface area contributed by atoms with Gasteiger partial charge in [-0.2, -0.15) is 5.26 Å². The zero-order valence-corrected chi connectivity index (χ0v) is 19.1. The molecule has 1 aromatic heterocycles. The van der Waals surface area contributed by atoms with Gasteiger partial charge in [0.15, 0.2) is 0 Å². The first-order valence-electron chi connectivity index (χ1n) is 9.68. The molecule has 29 heavy (non-hydrogen) atoms. The second-order valence-corrected chi connectivity index (χ2v) is 10.7. The number of pyridine rings is 1. The van der Waals surface area contributed by atoms with E-state index < -0.39 is 16.1 Å². The van der Waals surface area contributed by atoms with Crippen LogP contribution in [0.5, 0.6) is 0 Å². The molecule has 0 radical (unpaired) electrons. The highest BCUT2D eigenvalue weighted by atomic mass is 35.5. The number of fused-ring (bicyclic) bond motifs is 1. The van der Waals surface area contributed by atoms with Gasteiger partial charge in [-0.15, -0.1) is 4.72 Å².